The Morgan fingerprint density at radius 1 is 0.880 bits per heavy atom. The van der Waals surface area contributed by atoms with Crippen molar-refractivity contribution in [1.29, 1.82) is 10.5 Å². The Kier molecular flexibility index (Phi) is 12.9. The lowest BCUT2D eigenvalue weighted by molar-refractivity contribution is -0.137. The lowest BCUT2D eigenvalue weighted by Gasteiger charge is -2.29. The molecule has 1 heterocycles. The number of pyridine rings is 1. The zero-order valence-electron chi connectivity index (χ0n) is 29.0. The van der Waals surface area contributed by atoms with Crippen LogP contribution in [0, 0.1) is 29.6 Å². The summed E-state index contributed by atoms with van der Waals surface area (Å²) in [5.41, 5.74) is 6.53. The Morgan fingerprint density at radius 3 is 2.06 bits per heavy atom. The molecule has 4 aromatic rings. The number of nitrogens with one attached hydrogen (secondary N) is 1. The number of amides is 1. The molecule has 0 spiro atoms. The minimum absolute atomic E-state index is 0.0770. The van der Waals surface area contributed by atoms with Crippen LogP contribution in [0.25, 0.3) is 11.1 Å². The van der Waals surface area contributed by atoms with Crippen molar-refractivity contribution in [2.24, 2.45) is 0 Å². The highest BCUT2D eigenvalue weighted by molar-refractivity contribution is 5.69. The number of ether oxygens (including phenoxy) is 2. The average molecular weight is 674 g/mol. The number of nitrogens with zero attached hydrogens (tertiary/aromatic N) is 4. The van der Waals surface area contributed by atoms with Gasteiger partial charge in [0.05, 0.1) is 35.5 Å². The van der Waals surface area contributed by atoms with Crippen molar-refractivity contribution in [2.75, 3.05) is 11.9 Å². The average Bonchev–Trinajstić information content (AvgIpc) is 3.10. The number of carboxylic acids is 1. The molecule has 1 amide bonds. The maximum absolute atomic E-state index is 13.5. The molecule has 1 aromatic heterocycles. The number of nitriles is 2. The van der Waals surface area contributed by atoms with Crippen LogP contribution in [0.1, 0.15) is 80.0 Å². The van der Waals surface area contributed by atoms with Gasteiger partial charge in [-0.15, -0.1) is 0 Å². The molecule has 50 heavy (non-hydrogen) atoms. The van der Waals surface area contributed by atoms with Crippen LogP contribution in [0.5, 0.6) is 5.75 Å². The Hall–Kier alpha value is -5.87. The molecule has 0 aliphatic rings. The predicted molar refractivity (Wildman–Crippen MR) is 191 cm³/mol. The molecule has 0 saturated carbocycles. The molecule has 2 N–H and O–H groups in total. The van der Waals surface area contributed by atoms with E-state index in [1.54, 1.807) is 35.4 Å². The minimum Gasteiger partial charge on any atom is -0.487 e. The highest BCUT2D eigenvalue weighted by Gasteiger charge is 2.25. The summed E-state index contributed by atoms with van der Waals surface area (Å²) in [5, 5.41) is 30.9. The van der Waals surface area contributed by atoms with E-state index in [4.69, 9.17) is 19.8 Å². The third-order valence-corrected chi connectivity index (χ3v) is 7.91. The van der Waals surface area contributed by atoms with E-state index in [9.17, 15) is 14.9 Å². The summed E-state index contributed by atoms with van der Waals surface area (Å²) in [6, 6.07) is 26.9. The fraction of sp³-hybridized carbons (Fsp3) is 0.325. The van der Waals surface area contributed by atoms with Gasteiger partial charge in [-0.3, -0.25) is 9.78 Å². The monoisotopic (exact) mass is 673 g/mol. The zero-order valence-corrected chi connectivity index (χ0v) is 29.0. The fourth-order valence-electron chi connectivity index (χ4n) is 5.25. The van der Waals surface area contributed by atoms with Gasteiger partial charge in [0.15, 0.2) is 0 Å². The number of aliphatic carboxylic acids is 1. The van der Waals surface area contributed by atoms with E-state index in [-0.39, 0.29) is 19.6 Å². The summed E-state index contributed by atoms with van der Waals surface area (Å²) >= 11 is 0. The van der Waals surface area contributed by atoms with Gasteiger partial charge in [0.1, 0.15) is 18.0 Å². The van der Waals surface area contributed by atoms with Gasteiger partial charge in [0.25, 0.3) is 0 Å². The van der Waals surface area contributed by atoms with E-state index in [0.29, 0.717) is 54.9 Å². The largest absolute Gasteiger partial charge is 0.487 e. The maximum atomic E-state index is 13.5. The van der Waals surface area contributed by atoms with E-state index in [0.717, 1.165) is 33.5 Å². The first-order chi connectivity index (χ1) is 24.0. The summed E-state index contributed by atoms with van der Waals surface area (Å²) in [6.45, 7) is 8.51. The number of carbonyl (C=O) groups excluding carboxylic acids is 1. The maximum Gasteiger partial charge on any atom is 0.410 e. The van der Waals surface area contributed by atoms with Gasteiger partial charge in [-0.05, 0) is 99.2 Å². The summed E-state index contributed by atoms with van der Waals surface area (Å²) < 4.78 is 12.2. The number of aromatic nitrogens is 1. The Labute approximate surface area is 293 Å². The zero-order chi connectivity index (χ0) is 36.1. The second-order valence-corrected chi connectivity index (χ2v) is 13.0. The summed E-state index contributed by atoms with van der Waals surface area (Å²) in [5.74, 6) is -0.282. The van der Waals surface area contributed by atoms with Gasteiger partial charge in [-0.2, -0.15) is 10.5 Å². The van der Waals surface area contributed by atoms with Crippen LogP contribution < -0.4 is 10.1 Å². The molecule has 0 atom stereocenters. The Bertz CT molecular complexity index is 1830. The first kappa shape index (κ1) is 37.0. The number of carboxylic acid groups (broad SMARTS) is 1. The molecular formula is C40H43N5O5. The normalized spacial score (nSPS) is 10.8. The lowest BCUT2D eigenvalue weighted by Crippen LogP contribution is -2.37. The van der Waals surface area contributed by atoms with Crippen molar-refractivity contribution in [3.8, 4) is 29.0 Å². The second kappa shape index (κ2) is 17.5. The molecular weight excluding hydrogens is 630 g/mol. The molecule has 0 unspecified atom stereocenters. The van der Waals surface area contributed by atoms with Gasteiger partial charge in [-0.25, -0.2) is 4.79 Å². The number of carbonyl (C=O) groups is 2. The van der Waals surface area contributed by atoms with Crippen LogP contribution in [-0.2, 0) is 29.2 Å². The van der Waals surface area contributed by atoms with Gasteiger partial charge in [-0.1, -0.05) is 42.8 Å². The number of aryl methyl sites for hydroxylation is 1. The summed E-state index contributed by atoms with van der Waals surface area (Å²) in [6.07, 6.45) is 3.17. The molecule has 3 aromatic carbocycles. The number of benzene rings is 3. The van der Waals surface area contributed by atoms with Crippen LogP contribution >= 0.6 is 0 Å². The molecule has 10 heteroatoms. The molecule has 0 aliphatic heterocycles. The smallest absolute Gasteiger partial charge is 0.410 e. The van der Waals surface area contributed by atoms with E-state index in [1.807, 2.05) is 76.2 Å². The van der Waals surface area contributed by atoms with Crippen molar-refractivity contribution in [2.45, 2.75) is 78.7 Å². The fourth-order valence-corrected chi connectivity index (χ4v) is 5.25. The molecule has 0 fully saturated rings. The Morgan fingerprint density at radius 2 is 1.48 bits per heavy atom. The number of anilines is 1. The van der Waals surface area contributed by atoms with Crippen LogP contribution in [-0.4, -0.2) is 39.2 Å². The van der Waals surface area contributed by atoms with Crippen LogP contribution in [0.15, 0.2) is 79.0 Å². The molecule has 0 saturated heterocycles. The lowest BCUT2D eigenvalue weighted by atomic mass is 10.0. The first-order valence-electron chi connectivity index (χ1n) is 16.6. The number of unbranched alkanes of at least 4 members (excludes halogenated alkanes) is 2. The van der Waals surface area contributed by atoms with Crippen molar-refractivity contribution in [1.82, 2.24) is 9.88 Å². The van der Waals surface area contributed by atoms with Crippen molar-refractivity contribution in [3.05, 3.63) is 113 Å². The predicted octanol–water partition coefficient (Wildman–Crippen LogP) is 8.37. The number of rotatable bonds is 15. The standard InChI is InChI=1S/C40H43N5O5/c1-28-38(49-27-31-11-9-29(22-41)10-12-31)36(26-45(39(48)50-40(2,3)4)21-7-5-6-8-37(46)47)34(24-43-28)25-44-35-19-17-33(18-20-35)32-15-13-30(23-42)14-16-32/h9-20,24,44H,5-8,21,25-27H2,1-4H3,(H,46,47). The third-order valence-electron chi connectivity index (χ3n) is 7.91. The Balaban J connectivity index is 1.61. The number of hydrogen-bond acceptors (Lipinski definition) is 8. The highest BCUT2D eigenvalue weighted by Crippen LogP contribution is 2.30. The second-order valence-electron chi connectivity index (χ2n) is 13.0. The topological polar surface area (TPSA) is 149 Å². The van der Waals surface area contributed by atoms with Gasteiger partial charge in [0.2, 0.25) is 0 Å². The van der Waals surface area contributed by atoms with Crippen LogP contribution in [0.4, 0.5) is 10.5 Å². The van der Waals surface area contributed by atoms with Gasteiger partial charge >= 0.3 is 12.1 Å². The molecule has 0 bridgehead atoms. The number of hydrogen-bond donors (Lipinski definition) is 2. The van der Waals surface area contributed by atoms with Gasteiger partial charge in [0, 0.05) is 37.0 Å². The molecule has 4 rings (SSSR count). The summed E-state index contributed by atoms with van der Waals surface area (Å²) in [4.78, 5) is 30.9. The quantitative estimate of drug-likeness (QED) is 0.119. The molecule has 10 nitrogen and oxygen atoms in total. The van der Waals surface area contributed by atoms with E-state index in [1.165, 1.54) is 0 Å². The molecule has 258 valence electrons. The van der Waals surface area contributed by atoms with Crippen molar-refractivity contribution < 1.29 is 24.2 Å². The van der Waals surface area contributed by atoms with Crippen LogP contribution in [0.2, 0.25) is 0 Å². The van der Waals surface area contributed by atoms with E-state index in [2.05, 4.69) is 22.4 Å². The van der Waals surface area contributed by atoms with Crippen molar-refractivity contribution >= 4 is 17.7 Å². The third kappa shape index (κ3) is 11.1. The minimum atomic E-state index is -0.841. The van der Waals surface area contributed by atoms with Crippen molar-refractivity contribution in [3.63, 3.8) is 0 Å². The van der Waals surface area contributed by atoms with E-state index >= 15 is 0 Å². The highest BCUT2D eigenvalue weighted by atomic mass is 16.6. The summed E-state index contributed by atoms with van der Waals surface area (Å²) in [7, 11) is 0. The molecule has 0 aliphatic carbocycles. The van der Waals surface area contributed by atoms with E-state index < -0.39 is 17.7 Å². The van der Waals surface area contributed by atoms with Crippen LogP contribution in [0.3, 0.4) is 0 Å². The first-order valence-corrected chi connectivity index (χ1v) is 16.6. The molecule has 0 radical (unpaired) electrons. The van der Waals surface area contributed by atoms with Gasteiger partial charge < -0.3 is 24.8 Å². The SMILES string of the molecule is Cc1ncc(CNc2ccc(-c3ccc(C#N)cc3)cc2)c(CN(CCCCCC(=O)O)C(=O)OC(C)(C)C)c1OCc1ccc(C#N)cc1.